The molecule has 2 aromatic carbocycles. The van der Waals surface area contributed by atoms with Crippen LogP contribution < -0.4 is 32.1 Å². The molecule has 0 spiro atoms. The first kappa shape index (κ1) is 43.9. The number of primary amides is 1. The summed E-state index contributed by atoms with van der Waals surface area (Å²) in [4.78, 5) is 65.8. The second kappa shape index (κ2) is 20.7. The average Bonchev–Trinajstić information content (AvgIpc) is 3.08. The van der Waals surface area contributed by atoms with Crippen LogP contribution in [0.3, 0.4) is 0 Å². The fourth-order valence-electron chi connectivity index (χ4n) is 5.12. The summed E-state index contributed by atoms with van der Waals surface area (Å²) in [6.07, 6.45) is -0.926. The molecule has 0 fully saturated rings. The summed E-state index contributed by atoms with van der Waals surface area (Å²) in [6.45, 7) is 13.0. The normalized spacial score (nSPS) is 15.6. The maximum atomic E-state index is 15.0. The van der Waals surface area contributed by atoms with Gasteiger partial charge in [-0.15, -0.1) is 0 Å². The highest BCUT2D eigenvalue weighted by Gasteiger charge is 2.41. The van der Waals surface area contributed by atoms with Gasteiger partial charge in [0.1, 0.15) is 23.5 Å². The van der Waals surface area contributed by atoms with Gasteiger partial charge in [-0.05, 0) is 50.2 Å². The molecular weight excluding hydrogens is 687 g/mol. The van der Waals surface area contributed by atoms with Crippen LogP contribution in [0.15, 0.2) is 60.7 Å². The lowest BCUT2D eigenvalue weighted by Crippen LogP contribution is -2.56. The Kier molecular flexibility index (Phi) is 17.5. The Morgan fingerprint density at radius 2 is 1.33 bits per heavy atom. The van der Waals surface area contributed by atoms with E-state index in [1.54, 1.807) is 75.4 Å². The van der Waals surface area contributed by atoms with Gasteiger partial charge < -0.3 is 36.3 Å². The highest BCUT2D eigenvalue weighted by atomic mass is 31.2. The summed E-state index contributed by atoms with van der Waals surface area (Å²) in [7, 11) is -3.05. The summed E-state index contributed by atoms with van der Waals surface area (Å²) in [5, 5.41) is 13.8. The number of nitrogens with one attached hydrogen (secondary N) is 5. The number of amides is 5. The zero-order valence-corrected chi connectivity index (χ0v) is 32.5. The molecule has 288 valence electrons. The molecule has 0 aliphatic carbocycles. The maximum Gasteiger partial charge on any atom is 0.408 e. The van der Waals surface area contributed by atoms with E-state index in [-0.39, 0.29) is 30.6 Å². The van der Waals surface area contributed by atoms with E-state index < -0.39 is 67.3 Å². The first-order valence-corrected chi connectivity index (χ1v) is 19.2. The monoisotopic (exact) mass is 744 g/mol. The molecule has 0 aliphatic heterocycles. The molecule has 0 bridgehead atoms. The van der Waals surface area contributed by atoms with Gasteiger partial charge in [-0.3, -0.25) is 23.7 Å². The Morgan fingerprint density at radius 1 is 0.788 bits per heavy atom. The van der Waals surface area contributed by atoms with Gasteiger partial charge >= 0.3 is 6.09 Å². The molecule has 52 heavy (non-hydrogen) atoms. The molecule has 14 nitrogen and oxygen atoms in total. The molecule has 0 radical (unpaired) electrons. The Balaban J connectivity index is 2.55. The van der Waals surface area contributed by atoms with E-state index in [4.69, 9.17) is 15.0 Å². The van der Waals surface area contributed by atoms with Crippen LogP contribution in [0.4, 0.5) is 4.79 Å². The van der Waals surface area contributed by atoms with Crippen molar-refractivity contribution in [1.29, 1.82) is 0 Å². The number of benzene rings is 2. The predicted molar refractivity (Wildman–Crippen MR) is 200 cm³/mol. The highest BCUT2D eigenvalue weighted by molar-refractivity contribution is 7.57. The van der Waals surface area contributed by atoms with Crippen molar-refractivity contribution in [2.45, 2.75) is 104 Å². The fraction of sp³-hybridized carbons (Fsp3) is 0.541. The largest absolute Gasteiger partial charge is 0.444 e. The number of ether oxygens (including phenoxy) is 1. The van der Waals surface area contributed by atoms with Crippen LogP contribution >= 0.6 is 7.52 Å². The molecular formula is C37H57N6O8P. The third-order valence-electron chi connectivity index (χ3n) is 8.09. The van der Waals surface area contributed by atoms with Crippen LogP contribution in [0, 0.1) is 11.8 Å². The van der Waals surface area contributed by atoms with Gasteiger partial charge in [0.2, 0.25) is 23.6 Å². The van der Waals surface area contributed by atoms with Crippen LogP contribution in [0.5, 0.6) is 0 Å². The van der Waals surface area contributed by atoms with Crippen LogP contribution in [0.1, 0.15) is 72.4 Å². The molecule has 0 aromatic heterocycles. The van der Waals surface area contributed by atoms with Gasteiger partial charge in [0.05, 0.1) is 12.5 Å². The average molecular weight is 745 g/mol. The highest BCUT2D eigenvalue weighted by Crippen LogP contribution is 2.48. The summed E-state index contributed by atoms with van der Waals surface area (Å²) in [5.41, 5.74) is 5.92. The van der Waals surface area contributed by atoms with Crippen LogP contribution in [0.2, 0.25) is 0 Å². The van der Waals surface area contributed by atoms with E-state index in [2.05, 4.69) is 26.4 Å². The van der Waals surface area contributed by atoms with E-state index in [0.717, 1.165) is 5.56 Å². The number of carbonyl (C=O) groups excluding carboxylic acids is 5. The minimum atomic E-state index is -4.25. The maximum absolute atomic E-state index is 15.0. The summed E-state index contributed by atoms with van der Waals surface area (Å²) in [5.74, 6) is -4.05. The van der Waals surface area contributed by atoms with Gasteiger partial charge in [0.25, 0.3) is 7.52 Å². The summed E-state index contributed by atoms with van der Waals surface area (Å²) < 4.78 is 25.9. The molecule has 2 aromatic rings. The lowest BCUT2D eigenvalue weighted by Gasteiger charge is -2.33. The topological polar surface area (TPSA) is 207 Å². The van der Waals surface area contributed by atoms with Crippen LogP contribution in [-0.2, 0) is 45.8 Å². The lowest BCUT2D eigenvalue weighted by atomic mass is 9.97. The molecule has 6 atom stereocenters. The molecule has 0 saturated heterocycles. The van der Waals surface area contributed by atoms with E-state index in [0.29, 0.717) is 18.5 Å². The third kappa shape index (κ3) is 15.1. The number of hydrogen-bond donors (Lipinski definition) is 6. The fourth-order valence-corrected chi connectivity index (χ4v) is 7.05. The Morgan fingerprint density at radius 3 is 1.81 bits per heavy atom. The zero-order chi connectivity index (χ0) is 39.1. The number of alkyl carbamates (subject to hydrolysis) is 1. The van der Waals surface area contributed by atoms with Gasteiger partial charge in [-0.2, -0.15) is 0 Å². The Hall–Kier alpha value is -4.26. The zero-order valence-electron chi connectivity index (χ0n) is 31.6. The molecule has 0 heterocycles. The Bertz CT molecular complexity index is 1520. The number of hydrogen-bond acceptors (Lipinski definition) is 8. The molecule has 0 aliphatic rings. The third-order valence-corrected chi connectivity index (χ3v) is 10.4. The van der Waals surface area contributed by atoms with Crippen molar-refractivity contribution in [3.63, 3.8) is 0 Å². The molecule has 5 amide bonds. The number of rotatable bonds is 20. The minimum Gasteiger partial charge on any atom is -0.444 e. The first-order chi connectivity index (χ1) is 24.4. The smallest absolute Gasteiger partial charge is 0.408 e. The minimum absolute atomic E-state index is 0.0345. The van der Waals surface area contributed by atoms with Crippen LogP contribution in [-0.4, -0.2) is 72.9 Å². The van der Waals surface area contributed by atoms with Gasteiger partial charge in [0.15, 0.2) is 0 Å². The SMILES string of the molecule is CC[C@H](C)[C@H](NC(=O)[C@H](Cc1ccccc1)NP(=O)(OC)C(Cc1ccccc1)NC(=O)C(CC(N)=O)NC(=O)OC(C)(C)C)C(=O)NCC(C)C. The van der Waals surface area contributed by atoms with Gasteiger partial charge in [-0.25, -0.2) is 9.88 Å². The van der Waals surface area contributed by atoms with Crippen molar-refractivity contribution in [1.82, 2.24) is 26.4 Å². The molecule has 15 heteroatoms. The van der Waals surface area contributed by atoms with E-state index >= 15 is 0 Å². The van der Waals surface area contributed by atoms with Gasteiger partial charge in [0, 0.05) is 20.1 Å². The summed E-state index contributed by atoms with van der Waals surface area (Å²) >= 11 is 0. The van der Waals surface area contributed by atoms with Crippen molar-refractivity contribution in [2.24, 2.45) is 17.6 Å². The van der Waals surface area contributed by atoms with E-state index in [9.17, 15) is 28.5 Å². The standard InChI is InChI=1S/C37H57N6O8P/c1-9-25(4)32(35(47)39-23-24(2)3)42-34(46)29(20-26-16-12-10-13-17-26)43-52(49,50-8)31(21-27-18-14-11-15-19-27)41-33(45)28(22-30(38)44)40-36(48)51-37(5,6)7/h10-19,24-25,28-29,31-32H,9,20-23H2,1-8H3,(H2,38,44)(H,39,47)(H,40,48)(H,41,45)(H,42,46)(H,43,49)/t25-,28?,29-,31?,32-,52?/m0/s1. The second-order valence-corrected chi connectivity index (χ2v) is 16.7. The van der Waals surface area contributed by atoms with Crippen molar-refractivity contribution in [2.75, 3.05) is 13.7 Å². The van der Waals surface area contributed by atoms with Gasteiger partial charge in [-0.1, -0.05) is 94.8 Å². The van der Waals surface area contributed by atoms with E-state index in [1.807, 2.05) is 33.8 Å². The lowest BCUT2D eigenvalue weighted by molar-refractivity contribution is -0.131. The van der Waals surface area contributed by atoms with E-state index in [1.165, 1.54) is 7.11 Å². The quantitative estimate of drug-likeness (QED) is 0.109. The molecule has 3 unspecified atom stereocenters. The number of carbonyl (C=O) groups is 5. The van der Waals surface area contributed by atoms with Crippen molar-refractivity contribution >= 4 is 37.2 Å². The Labute approximate surface area is 307 Å². The molecule has 7 N–H and O–H groups in total. The predicted octanol–water partition coefficient (Wildman–Crippen LogP) is 3.78. The van der Waals surface area contributed by atoms with Crippen molar-refractivity contribution < 1.29 is 37.8 Å². The van der Waals surface area contributed by atoms with Crippen molar-refractivity contribution in [3.8, 4) is 0 Å². The van der Waals surface area contributed by atoms with Crippen LogP contribution in [0.25, 0.3) is 0 Å². The second-order valence-electron chi connectivity index (χ2n) is 14.2. The molecule has 2 rings (SSSR count). The molecule has 0 saturated carbocycles. The number of nitrogens with two attached hydrogens (primary N) is 1. The first-order valence-electron chi connectivity index (χ1n) is 17.5. The van der Waals surface area contributed by atoms with Crippen molar-refractivity contribution in [3.05, 3.63) is 71.8 Å². The summed E-state index contributed by atoms with van der Waals surface area (Å²) in [6, 6.07) is 14.3.